The Morgan fingerprint density at radius 3 is 2.75 bits per heavy atom. The molecule has 5 heteroatoms. The van der Waals surface area contributed by atoms with Crippen molar-refractivity contribution in [2.45, 2.75) is 13.0 Å². The molecule has 2 N–H and O–H groups in total. The lowest BCUT2D eigenvalue weighted by Gasteiger charge is -2.10. The lowest BCUT2D eigenvalue weighted by atomic mass is 10.0. The minimum absolute atomic E-state index is 0.0253. The first-order chi connectivity index (χ1) is 9.69. The Labute approximate surface area is 117 Å². The number of methoxy groups -OCH3 is 1. The molecule has 0 unspecified atom stereocenters. The van der Waals surface area contributed by atoms with E-state index in [9.17, 15) is 4.79 Å². The van der Waals surface area contributed by atoms with Crippen molar-refractivity contribution in [1.82, 2.24) is 4.98 Å². The Balaban J connectivity index is 2.08. The zero-order valence-corrected chi connectivity index (χ0v) is 11.2. The van der Waals surface area contributed by atoms with Crippen LogP contribution in [0.25, 0.3) is 0 Å². The van der Waals surface area contributed by atoms with Gasteiger partial charge in [-0.1, -0.05) is 24.3 Å². The molecule has 0 aliphatic carbocycles. The number of rotatable bonds is 6. The average molecular weight is 272 g/mol. The summed E-state index contributed by atoms with van der Waals surface area (Å²) >= 11 is 0. The third-order valence-electron chi connectivity index (χ3n) is 2.89. The molecule has 1 heterocycles. The van der Waals surface area contributed by atoms with Gasteiger partial charge in [-0.25, -0.2) is 4.98 Å². The molecule has 0 aliphatic heterocycles. The van der Waals surface area contributed by atoms with Gasteiger partial charge in [0.1, 0.15) is 0 Å². The molecular weight excluding hydrogens is 256 g/mol. The van der Waals surface area contributed by atoms with Gasteiger partial charge < -0.3 is 15.2 Å². The summed E-state index contributed by atoms with van der Waals surface area (Å²) < 4.78 is 5.05. The van der Waals surface area contributed by atoms with Gasteiger partial charge in [-0.3, -0.25) is 4.79 Å². The molecule has 2 aromatic rings. The summed E-state index contributed by atoms with van der Waals surface area (Å²) in [7, 11) is 1.56. The quantitative estimate of drug-likeness (QED) is 0.844. The SMILES string of the molecule is COc1cc(NCc2ccccc2CC(=O)O)ccn1. The summed E-state index contributed by atoms with van der Waals surface area (Å²) in [6.07, 6.45) is 1.68. The number of aromatic nitrogens is 1. The van der Waals surface area contributed by atoms with Crippen molar-refractivity contribution in [2.75, 3.05) is 12.4 Å². The maximum Gasteiger partial charge on any atom is 0.307 e. The second kappa shape index (κ2) is 6.56. The van der Waals surface area contributed by atoms with Crippen molar-refractivity contribution in [3.05, 3.63) is 53.7 Å². The van der Waals surface area contributed by atoms with E-state index in [-0.39, 0.29) is 6.42 Å². The Morgan fingerprint density at radius 1 is 1.30 bits per heavy atom. The smallest absolute Gasteiger partial charge is 0.307 e. The Morgan fingerprint density at radius 2 is 2.05 bits per heavy atom. The number of carboxylic acids is 1. The van der Waals surface area contributed by atoms with Crippen molar-refractivity contribution in [1.29, 1.82) is 0 Å². The molecular formula is C15H16N2O3. The predicted molar refractivity (Wildman–Crippen MR) is 75.9 cm³/mol. The number of ether oxygens (including phenoxy) is 1. The van der Waals surface area contributed by atoms with E-state index in [1.807, 2.05) is 30.3 Å². The van der Waals surface area contributed by atoms with Crippen LogP contribution in [0, 0.1) is 0 Å². The minimum atomic E-state index is -0.831. The standard InChI is InChI=1S/C15H16N2O3/c1-20-14-9-13(6-7-16-14)17-10-12-5-3-2-4-11(12)8-15(18)19/h2-7,9H,8,10H2,1H3,(H,16,17)(H,18,19). The summed E-state index contributed by atoms with van der Waals surface area (Å²) in [4.78, 5) is 14.9. The molecule has 104 valence electrons. The largest absolute Gasteiger partial charge is 0.481 e. The Hall–Kier alpha value is -2.56. The first-order valence-corrected chi connectivity index (χ1v) is 6.21. The number of anilines is 1. The molecule has 20 heavy (non-hydrogen) atoms. The molecule has 0 aliphatic rings. The van der Waals surface area contributed by atoms with Crippen LogP contribution >= 0.6 is 0 Å². The molecule has 0 radical (unpaired) electrons. The second-order valence-corrected chi connectivity index (χ2v) is 4.28. The number of carbonyl (C=O) groups is 1. The third-order valence-corrected chi connectivity index (χ3v) is 2.89. The van der Waals surface area contributed by atoms with Gasteiger partial charge in [-0.15, -0.1) is 0 Å². The van der Waals surface area contributed by atoms with Gasteiger partial charge in [0, 0.05) is 24.5 Å². The maximum absolute atomic E-state index is 10.8. The fourth-order valence-electron chi connectivity index (χ4n) is 1.89. The number of pyridine rings is 1. The summed E-state index contributed by atoms with van der Waals surface area (Å²) in [5, 5.41) is 12.1. The second-order valence-electron chi connectivity index (χ2n) is 4.28. The van der Waals surface area contributed by atoms with Crippen molar-refractivity contribution >= 4 is 11.7 Å². The van der Waals surface area contributed by atoms with Gasteiger partial charge in [-0.2, -0.15) is 0 Å². The van der Waals surface area contributed by atoms with Crippen LogP contribution in [0.15, 0.2) is 42.6 Å². The van der Waals surface area contributed by atoms with E-state index in [1.165, 1.54) is 0 Å². The molecule has 0 saturated heterocycles. The lowest BCUT2D eigenvalue weighted by Crippen LogP contribution is -2.07. The summed E-state index contributed by atoms with van der Waals surface area (Å²) in [5.41, 5.74) is 2.65. The summed E-state index contributed by atoms with van der Waals surface area (Å²) in [5.74, 6) is -0.295. The molecule has 1 aromatic heterocycles. The molecule has 0 fully saturated rings. The van der Waals surface area contributed by atoms with E-state index < -0.39 is 5.97 Å². The van der Waals surface area contributed by atoms with E-state index in [2.05, 4.69) is 10.3 Å². The highest BCUT2D eigenvalue weighted by Gasteiger charge is 2.06. The average Bonchev–Trinajstić information content (AvgIpc) is 2.46. The summed E-state index contributed by atoms with van der Waals surface area (Å²) in [6.45, 7) is 0.552. The van der Waals surface area contributed by atoms with Crippen molar-refractivity contribution in [3.63, 3.8) is 0 Å². The number of hydrogen-bond donors (Lipinski definition) is 2. The first kappa shape index (κ1) is 13.9. The topological polar surface area (TPSA) is 71.5 Å². The molecule has 0 atom stereocenters. The number of carboxylic acid groups (broad SMARTS) is 1. The van der Waals surface area contributed by atoms with Gasteiger partial charge in [0.15, 0.2) is 0 Å². The molecule has 2 rings (SSSR count). The number of hydrogen-bond acceptors (Lipinski definition) is 4. The maximum atomic E-state index is 10.8. The van der Waals surface area contributed by atoms with Crippen LogP contribution in [-0.4, -0.2) is 23.2 Å². The van der Waals surface area contributed by atoms with Crippen LogP contribution in [0.3, 0.4) is 0 Å². The molecule has 0 spiro atoms. The van der Waals surface area contributed by atoms with E-state index in [0.29, 0.717) is 12.4 Å². The van der Waals surface area contributed by atoms with Crippen molar-refractivity contribution in [2.24, 2.45) is 0 Å². The highest BCUT2D eigenvalue weighted by atomic mass is 16.5. The minimum Gasteiger partial charge on any atom is -0.481 e. The zero-order chi connectivity index (χ0) is 14.4. The van der Waals surface area contributed by atoms with Crippen molar-refractivity contribution in [3.8, 4) is 5.88 Å². The van der Waals surface area contributed by atoms with E-state index >= 15 is 0 Å². The number of aliphatic carboxylic acids is 1. The molecule has 0 amide bonds. The van der Waals surface area contributed by atoms with Gasteiger partial charge in [0.25, 0.3) is 0 Å². The van der Waals surface area contributed by atoms with Gasteiger partial charge in [0.2, 0.25) is 5.88 Å². The van der Waals surface area contributed by atoms with Crippen molar-refractivity contribution < 1.29 is 14.6 Å². The Bertz CT molecular complexity index is 599. The van der Waals surface area contributed by atoms with Crippen LogP contribution in [0.5, 0.6) is 5.88 Å². The van der Waals surface area contributed by atoms with E-state index in [4.69, 9.17) is 9.84 Å². The zero-order valence-electron chi connectivity index (χ0n) is 11.2. The fourth-order valence-corrected chi connectivity index (χ4v) is 1.89. The molecule has 0 bridgehead atoms. The number of nitrogens with one attached hydrogen (secondary N) is 1. The van der Waals surface area contributed by atoms with Gasteiger partial charge in [-0.05, 0) is 17.2 Å². The van der Waals surface area contributed by atoms with Crippen LogP contribution in [0.4, 0.5) is 5.69 Å². The van der Waals surface area contributed by atoms with Crippen LogP contribution in [-0.2, 0) is 17.8 Å². The van der Waals surface area contributed by atoms with Crippen LogP contribution in [0.1, 0.15) is 11.1 Å². The molecule has 1 aromatic carbocycles. The highest BCUT2D eigenvalue weighted by molar-refractivity contribution is 5.70. The lowest BCUT2D eigenvalue weighted by molar-refractivity contribution is -0.136. The predicted octanol–water partition coefficient (Wildman–Crippen LogP) is 2.33. The van der Waals surface area contributed by atoms with E-state index in [1.54, 1.807) is 19.4 Å². The van der Waals surface area contributed by atoms with Crippen LogP contribution < -0.4 is 10.1 Å². The molecule has 0 saturated carbocycles. The van der Waals surface area contributed by atoms with Gasteiger partial charge >= 0.3 is 5.97 Å². The molecule has 5 nitrogen and oxygen atoms in total. The number of benzene rings is 1. The van der Waals surface area contributed by atoms with E-state index in [0.717, 1.165) is 16.8 Å². The third kappa shape index (κ3) is 3.71. The normalized spacial score (nSPS) is 10.1. The Kier molecular flexibility index (Phi) is 4.55. The number of nitrogens with zero attached hydrogens (tertiary/aromatic N) is 1. The monoisotopic (exact) mass is 272 g/mol. The van der Waals surface area contributed by atoms with Gasteiger partial charge in [0.05, 0.1) is 13.5 Å². The highest BCUT2D eigenvalue weighted by Crippen LogP contribution is 2.16. The van der Waals surface area contributed by atoms with Crippen LogP contribution in [0.2, 0.25) is 0 Å². The fraction of sp³-hybridized carbons (Fsp3) is 0.200. The summed E-state index contributed by atoms with van der Waals surface area (Å²) in [6, 6.07) is 11.1. The first-order valence-electron chi connectivity index (χ1n) is 6.21.